The van der Waals surface area contributed by atoms with Gasteiger partial charge >= 0.3 is 0 Å². The fraction of sp³-hybridized carbons (Fsp3) is 0.562. The van der Waals surface area contributed by atoms with Gasteiger partial charge in [0, 0.05) is 12.0 Å². The Labute approximate surface area is 109 Å². The van der Waals surface area contributed by atoms with E-state index in [1.54, 1.807) is 0 Å². The Morgan fingerprint density at radius 3 is 2.50 bits per heavy atom. The Morgan fingerprint density at radius 2 is 1.89 bits per heavy atom. The van der Waals surface area contributed by atoms with Crippen LogP contribution in [-0.4, -0.2) is 11.9 Å². The van der Waals surface area contributed by atoms with Gasteiger partial charge in [0.1, 0.15) is 5.75 Å². The summed E-state index contributed by atoms with van der Waals surface area (Å²) in [5.74, 6) is 1.14. The lowest BCUT2D eigenvalue weighted by atomic mass is 10.0. The Bertz CT molecular complexity index is 377. The summed E-state index contributed by atoms with van der Waals surface area (Å²) in [4.78, 5) is 11.9. The number of rotatable bonds is 8. The van der Waals surface area contributed by atoms with Gasteiger partial charge in [0.25, 0.3) is 0 Å². The molecule has 2 rings (SSSR count). The van der Waals surface area contributed by atoms with Crippen LogP contribution in [0.15, 0.2) is 24.3 Å². The second kappa shape index (κ2) is 6.58. The van der Waals surface area contributed by atoms with E-state index in [0.717, 1.165) is 37.0 Å². The van der Waals surface area contributed by atoms with Crippen LogP contribution in [0.5, 0.6) is 5.75 Å². The van der Waals surface area contributed by atoms with E-state index in [2.05, 4.69) is 6.92 Å². The minimum Gasteiger partial charge on any atom is -0.490 e. The van der Waals surface area contributed by atoms with E-state index in [4.69, 9.17) is 4.74 Å². The standard InChI is InChI=1S/C16H22O2/c1-2-3-4-5-6-16(17)13-7-9-14(10-8-13)18-15-11-12-15/h7-10,15H,2-6,11-12H2,1H3. The van der Waals surface area contributed by atoms with Crippen LogP contribution < -0.4 is 4.74 Å². The molecule has 0 atom stereocenters. The number of hydrogen-bond donors (Lipinski definition) is 0. The van der Waals surface area contributed by atoms with Crippen molar-refractivity contribution in [2.24, 2.45) is 0 Å². The third-order valence-electron chi connectivity index (χ3n) is 3.26. The highest BCUT2D eigenvalue weighted by Crippen LogP contribution is 2.26. The molecular weight excluding hydrogens is 224 g/mol. The van der Waals surface area contributed by atoms with E-state index in [1.807, 2.05) is 24.3 Å². The highest BCUT2D eigenvalue weighted by Gasteiger charge is 2.23. The average Bonchev–Trinajstić information content (AvgIpc) is 3.19. The SMILES string of the molecule is CCCCCCC(=O)c1ccc(OC2CC2)cc1. The molecular formula is C16H22O2. The first kappa shape index (κ1) is 13.1. The van der Waals surface area contributed by atoms with Gasteiger partial charge in [-0.2, -0.15) is 0 Å². The summed E-state index contributed by atoms with van der Waals surface area (Å²) in [5, 5.41) is 0. The average molecular weight is 246 g/mol. The first-order valence-corrected chi connectivity index (χ1v) is 7.09. The molecule has 0 amide bonds. The molecule has 18 heavy (non-hydrogen) atoms. The zero-order valence-electron chi connectivity index (χ0n) is 11.2. The number of Topliss-reactive ketones (excluding diaryl/α,β-unsaturated/α-hetero) is 1. The second-order valence-electron chi connectivity index (χ2n) is 5.08. The molecule has 0 aliphatic heterocycles. The predicted molar refractivity (Wildman–Crippen MR) is 73.2 cm³/mol. The summed E-state index contributed by atoms with van der Waals surface area (Å²) in [5.41, 5.74) is 0.814. The Balaban J connectivity index is 1.78. The highest BCUT2D eigenvalue weighted by atomic mass is 16.5. The van der Waals surface area contributed by atoms with Gasteiger partial charge in [-0.1, -0.05) is 26.2 Å². The molecule has 0 unspecified atom stereocenters. The van der Waals surface area contributed by atoms with E-state index < -0.39 is 0 Å². The molecule has 0 N–H and O–H groups in total. The monoisotopic (exact) mass is 246 g/mol. The molecule has 0 radical (unpaired) electrons. The maximum atomic E-state index is 11.9. The van der Waals surface area contributed by atoms with Gasteiger partial charge in [-0.05, 0) is 43.5 Å². The van der Waals surface area contributed by atoms with Crippen molar-refractivity contribution in [1.82, 2.24) is 0 Å². The van der Waals surface area contributed by atoms with Gasteiger partial charge in [-0.15, -0.1) is 0 Å². The van der Waals surface area contributed by atoms with Crippen LogP contribution in [0.4, 0.5) is 0 Å². The lowest BCUT2D eigenvalue weighted by molar-refractivity contribution is 0.0979. The summed E-state index contributed by atoms with van der Waals surface area (Å²) in [7, 11) is 0. The van der Waals surface area contributed by atoms with Crippen LogP contribution in [0.2, 0.25) is 0 Å². The molecule has 1 aliphatic rings. The molecule has 0 bridgehead atoms. The highest BCUT2D eigenvalue weighted by molar-refractivity contribution is 5.96. The molecule has 1 aliphatic carbocycles. The van der Waals surface area contributed by atoms with Crippen molar-refractivity contribution in [3.63, 3.8) is 0 Å². The molecule has 98 valence electrons. The molecule has 1 aromatic carbocycles. The van der Waals surface area contributed by atoms with Crippen molar-refractivity contribution in [2.75, 3.05) is 0 Å². The maximum absolute atomic E-state index is 11.9. The Kier molecular flexibility index (Phi) is 4.80. The van der Waals surface area contributed by atoms with Gasteiger partial charge in [-0.25, -0.2) is 0 Å². The number of ketones is 1. The Hall–Kier alpha value is -1.31. The molecule has 1 saturated carbocycles. The van der Waals surface area contributed by atoms with Crippen molar-refractivity contribution in [1.29, 1.82) is 0 Å². The second-order valence-corrected chi connectivity index (χ2v) is 5.08. The number of hydrogen-bond acceptors (Lipinski definition) is 2. The molecule has 1 aromatic rings. The van der Waals surface area contributed by atoms with Crippen LogP contribution in [-0.2, 0) is 0 Å². The number of benzene rings is 1. The molecule has 1 fully saturated rings. The quantitative estimate of drug-likeness (QED) is 0.502. The predicted octanol–water partition coefficient (Wildman–Crippen LogP) is 4.38. The minimum atomic E-state index is 0.254. The number of ether oxygens (including phenoxy) is 1. The van der Waals surface area contributed by atoms with Gasteiger partial charge in [0.2, 0.25) is 0 Å². The minimum absolute atomic E-state index is 0.254. The van der Waals surface area contributed by atoms with Crippen molar-refractivity contribution >= 4 is 5.78 Å². The van der Waals surface area contributed by atoms with Crippen LogP contribution >= 0.6 is 0 Å². The summed E-state index contributed by atoms with van der Waals surface area (Å²) in [6, 6.07) is 7.61. The third-order valence-corrected chi connectivity index (χ3v) is 3.26. The topological polar surface area (TPSA) is 26.3 Å². The normalized spacial score (nSPS) is 14.5. The van der Waals surface area contributed by atoms with Crippen molar-refractivity contribution in [3.8, 4) is 5.75 Å². The maximum Gasteiger partial charge on any atom is 0.162 e. The molecule has 0 aromatic heterocycles. The lowest BCUT2D eigenvalue weighted by Gasteiger charge is -2.05. The van der Waals surface area contributed by atoms with Gasteiger partial charge in [0.05, 0.1) is 6.10 Å². The molecule has 2 heteroatoms. The number of carbonyl (C=O) groups is 1. The van der Waals surface area contributed by atoms with E-state index >= 15 is 0 Å². The molecule has 0 spiro atoms. The van der Waals surface area contributed by atoms with E-state index in [-0.39, 0.29) is 5.78 Å². The largest absolute Gasteiger partial charge is 0.490 e. The first-order chi connectivity index (χ1) is 8.79. The van der Waals surface area contributed by atoms with Crippen LogP contribution in [0.25, 0.3) is 0 Å². The summed E-state index contributed by atoms with van der Waals surface area (Å²) in [6.07, 6.45) is 8.01. The Morgan fingerprint density at radius 1 is 1.17 bits per heavy atom. The lowest BCUT2D eigenvalue weighted by Crippen LogP contribution is -2.00. The van der Waals surface area contributed by atoms with Gasteiger partial charge in [0.15, 0.2) is 5.78 Å². The molecule has 0 heterocycles. The van der Waals surface area contributed by atoms with Crippen molar-refractivity contribution in [2.45, 2.75) is 58.0 Å². The zero-order valence-corrected chi connectivity index (χ0v) is 11.2. The fourth-order valence-electron chi connectivity index (χ4n) is 1.95. The van der Waals surface area contributed by atoms with E-state index in [0.29, 0.717) is 12.5 Å². The number of unbranched alkanes of at least 4 members (excludes halogenated alkanes) is 3. The van der Waals surface area contributed by atoms with Gasteiger partial charge < -0.3 is 4.74 Å². The molecule has 2 nitrogen and oxygen atoms in total. The van der Waals surface area contributed by atoms with Crippen molar-refractivity contribution in [3.05, 3.63) is 29.8 Å². The van der Waals surface area contributed by atoms with Gasteiger partial charge in [-0.3, -0.25) is 4.79 Å². The molecule has 0 saturated heterocycles. The number of carbonyl (C=O) groups excluding carboxylic acids is 1. The van der Waals surface area contributed by atoms with Crippen molar-refractivity contribution < 1.29 is 9.53 Å². The summed E-state index contributed by atoms with van der Waals surface area (Å²) in [6.45, 7) is 2.18. The summed E-state index contributed by atoms with van der Waals surface area (Å²) < 4.78 is 5.66. The third kappa shape index (κ3) is 4.17. The fourth-order valence-corrected chi connectivity index (χ4v) is 1.95. The smallest absolute Gasteiger partial charge is 0.162 e. The van der Waals surface area contributed by atoms with E-state index in [1.165, 1.54) is 12.8 Å². The van der Waals surface area contributed by atoms with Crippen LogP contribution in [0, 0.1) is 0 Å². The van der Waals surface area contributed by atoms with Crippen LogP contribution in [0.1, 0.15) is 62.2 Å². The van der Waals surface area contributed by atoms with E-state index in [9.17, 15) is 4.79 Å². The summed E-state index contributed by atoms with van der Waals surface area (Å²) >= 11 is 0. The zero-order chi connectivity index (χ0) is 12.8. The first-order valence-electron chi connectivity index (χ1n) is 7.09. The van der Waals surface area contributed by atoms with Crippen LogP contribution in [0.3, 0.4) is 0 Å².